The van der Waals surface area contributed by atoms with Crippen LogP contribution in [-0.2, 0) is 11.2 Å². The SMILES string of the molecule is CC(C)Cc1sc(Nc2cccc(C(=O)NCCNC(=O)OC(C)(C)C)c2)nc1-c1ccc(Cl)c(Cl)c1. The van der Waals surface area contributed by atoms with Crippen molar-refractivity contribution < 1.29 is 14.3 Å². The topological polar surface area (TPSA) is 92.4 Å². The number of nitrogens with one attached hydrogen (secondary N) is 3. The van der Waals surface area contributed by atoms with Gasteiger partial charge in [-0.1, -0.05) is 49.2 Å². The van der Waals surface area contributed by atoms with Gasteiger partial charge in [0.25, 0.3) is 5.91 Å². The first-order valence-electron chi connectivity index (χ1n) is 12.0. The first-order valence-corrected chi connectivity index (χ1v) is 13.6. The molecule has 0 bridgehead atoms. The number of amides is 2. The molecule has 0 aliphatic rings. The molecule has 7 nitrogen and oxygen atoms in total. The van der Waals surface area contributed by atoms with Crippen LogP contribution in [-0.4, -0.2) is 35.7 Å². The highest BCUT2D eigenvalue weighted by atomic mass is 35.5. The minimum atomic E-state index is -0.573. The molecule has 10 heteroatoms. The van der Waals surface area contributed by atoms with E-state index in [4.69, 9.17) is 32.9 Å². The summed E-state index contributed by atoms with van der Waals surface area (Å²) in [4.78, 5) is 30.3. The lowest BCUT2D eigenvalue weighted by Gasteiger charge is -2.19. The summed E-state index contributed by atoms with van der Waals surface area (Å²) < 4.78 is 5.18. The zero-order valence-corrected chi connectivity index (χ0v) is 23.9. The molecular formula is C27H32Cl2N4O3S. The molecule has 0 radical (unpaired) electrons. The van der Waals surface area contributed by atoms with Crippen LogP contribution in [0.3, 0.4) is 0 Å². The molecule has 2 amide bonds. The molecule has 3 rings (SSSR count). The van der Waals surface area contributed by atoms with Crippen LogP contribution in [0.15, 0.2) is 42.5 Å². The lowest BCUT2D eigenvalue weighted by atomic mass is 10.0. The number of carbonyl (C=O) groups excluding carboxylic acids is 2. The van der Waals surface area contributed by atoms with Crippen molar-refractivity contribution in [2.24, 2.45) is 5.92 Å². The molecular weight excluding hydrogens is 531 g/mol. The minimum Gasteiger partial charge on any atom is -0.444 e. The number of rotatable bonds is 9. The van der Waals surface area contributed by atoms with Crippen molar-refractivity contribution in [3.63, 3.8) is 0 Å². The summed E-state index contributed by atoms with van der Waals surface area (Å²) in [7, 11) is 0. The number of aromatic nitrogens is 1. The molecule has 0 fully saturated rings. The molecule has 3 N–H and O–H groups in total. The second-order valence-corrected chi connectivity index (χ2v) is 11.8. The fourth-order valence-electron chi connectivity index (χ4n) is 3.40. The Morgan fingerprint density at radius 2 is 1.76 bits per heavy atom. The van der Waals surface area contributed by atoms with Crippen LogP contribution < -0.4 is 16.0 Å². The Hall–Kier alpha value is -2.81. The van der Waals surface area contributed by atoms with E-state index in [-0.39, 0.29) is 19.0 Å². The number of nitrogens with zero attached hydrogens (tertiary/aromatic N) is 1. The number of hydrogen-bond acceptors (Lipinski definition) is 6. The number of alkyl carbamates (subject to hydrolysis) is 1. The monoisotopic (exact) mass is 562 g/mol. The Morgan fingerprint density at radius 1 is 1.03 bits per heavy atom. The summed E-state index contributed by atoms with van der Waals surface area (Å²) in [6.07, 6.45) is 0.350. The van der Waals surface area contributed by atoms with Gasteiger partial charge >= 0.3 is 6.09 Å². The van der Waals surface area contributed by atoms with Gasteiger partial charge in [-0.3, -0.25) is 4.79 Å². The van der Waals surface area contributed by atoms with Crippen molar-refractivity contribution in [1.29, 1.82) is 0 Å². The van der Waals surface area contributed by atoms with Crippen LogP contribution >= 0.6 is 34.5 Å². The van der Waals surface area contributed by atoms with E-state index in [0.29, 0.717) is 21.5 Å². The summed E-state index contributed by atoms with van der Waals surface area (Å²) in [5, 5.41) is 10.5. The highest BCUT2D eigenvalue weighted by Crippen LogP contribution is 2.36. The van der Waals surface area contributed by atoms with Crippen LogP contribution in [0.5, 0.6) is 0 Å². The van der Waals surface area contributed by atoms with Crippen molar-refractivity contribution >= 4 is 57.4 Å². The molecule has 0 unspecified atom stereocenters. The number of anilines is 2. The normalized spacial score (nSPS) is 11.4. The highest BCUT2D eigenvalue weighted by molar-refractivity contribution is 7.16. The third-order valence-corrected chi connectivity index (χ3v) is 6.67. The number of ether oxygens (including phenoxy) is 1. The van der Waals surface area contributed by atoms with E-state index in [9.17, 15) is 9.59 Å². The minimum absolute atomic E-state index is 0.245. The molecule has 0 saturated heterocycles. The molecule has 3 aromatic rings. The Bertz CT molecular complexity index is 1250. The van der Waals surface area contributed by atoms with Gasteiger partial charge in [0.2, 0.25) is 0 Å². The van der Waals surface area contributed by atoms with E-state index < -0.39 is 11.7 Å². The van der Waals surface area contributed by atoms with Crippen LogP contribution in [0.2, 0.25) is 10.0 Å². The zero-order valence-electron chi connectivity index (χ0n) is 21.6. The van der Waals surface area contributed by atoms with Gasteiger partial charge in [-0.2, -0.15) is 0 Å². The number of hydrogen-bond donors (Lipinski definition) is 3. The van der Waals surface area contributed by atoms with Gasteiger partial charge in [-0.05, 0) is 63.4 Å². The van der Waals surface area contributed by atoms with E-state index in [2.05, 4.69) is 29.8 Å². The van der Waals surface area contributed by atoms with Crippen molar-refractivity contribution in [2.75, 3.05) is 18.4 Å². The van der Waals surface area contributed by atoms with Crippen LogP contribution in [0.1, 0.15) is 49.9 Å². The number of benzene rings is 2. The third-order valence-electron chi connectivity index (χ3n) is 4.94. The molecule has 37 heavy (non-hydrogen) atoms. The van der Waals surface area contributed by atoms with Gasteiger partial charge in [0.1, 0.15) is 5.60 Å². The lowest BCUT2D eigenvalue weighted by molar-refractivity contribution is 0.0526. The van der Waals surface area contributed by atoms with Crippen molar-refractivity contribution in [1.82, 2.24) is 15.6 Å². The third kappa shape index (κ3) is 8.91. The molecule has 0 spiro atoms. The maximum Gasteiger partial charge on any atom is 0.407 e. The average molecular weight is 564 g/mol. The molecule has 1 heterocycles. The summed E-state index contributed by atoms with van der Waals surface area (Å²) >= 11 is 13.9. The average Bonchev–Trinajstić information content (AvgIpc) is 3.18. The molecule has 1 aromatic heterocycles. The molecule has 0 aliphatic heterocycles. The molecule has 0 saturated carbocycles. The Labute approximate surface area is 231 Å². The summed E-state index contributed by atoms with van der Waals surface area (Å²) in [6.45, 7) is 10.2. The second kappa shape index (κ2) is 12.6. The Kier molecular flexibility index (Phi) is 9.81. The first-order chi connectivity index (χ1) is 17.4. The lowest BCUT2D eigenvalue weighted by Crippen LogP contribution is -2.37. The molecule has 0 aliphatic carbocycles. The van der Waals surface area contributed by atoms with E-state index >= 15 is 0 Å². The fourth-order valence-corrected chi connectivity index (χ4v) is 4.92. The van der Waals surface area contributed by atoms with Gasteiger partial charge in [0.15, 0.2) is 5.13 Å². The van der Waals surface area contributed by atoms with Gasteiger partial charge in [0.05, 0.1) is 15.7 Å². The highest BCUT2D eigenvalue weighted by Gasteiger charge is 2.17. The number of carbonyl (C=O) groups is 2. The van der Waals surface area contributed by atoms with E-state index in [1.165, 1.54) is 0 Å². The van der Waals surface area contributed by atoms with Gasteiger partial charge in [-0.15, -0.1) is 11.3 Å². The van der Waals surface area contributed by atoms with Gasteiger partial charge in [-0.25, -0.2) is 9.78 Å². The van der Waals surface area contributed by atoms with E-state index in [0.717, 1.165) is 33.4 Å². The quantitative estimate of drug-likeness (QED) is 0.238. The second-order valence-electron chi connectivity index (χ2n) is 9.91. The van der Waals surface area contributed by atoms with E-state index in [1.54, 1.807) is 56.4 Å². The van der Waals surface area contributed by atoms with E-state index in [1.807, 2.05) is 18.2 Å². The summed E-state index contributed by atoms with van der Waals surface area (Å²) in [5.74, 6) is 0.206. The maximum absolute atomic E-state index is 12.6. The Balaban J connectivity index is 1.67. The maximum atomic E-state index is 12.6. The molecule has 2 aromatic carbocycles. The van der Waals surface area contributed by atoms with Crippen LogP contribution in [0, 0.1) is 5.92 Å². The van der Waals surface area contributed by atoms with Gasteiger partial charge < -0.3 is 20.7 Å². The van der Waals surface area contributed by atoms with Crippen LogP contribution in [0.25, 0.3) is 11.3 Å². The van der Waals surface area contributed by atoms with Crippen molar-refractivity contribution in [3.8, 4) is 11.3 Å². The summed E-state index contributed by atoms with van der Waals surface area (Å²) in [6, 6.07) is 12.7. The van der Waals surface area contributed by atoms with Crippen LogP contribution in [0.4, 0.5) is 15.6 Å². The predicted molar refractivity (Wildman–Crippen MR) is 152 cm³/mol. The standard InChI is InChI=1S/C27H32Cl2N4O3S/c1-16(2)13-22-23(17-9-10-20(28)21(29)15-17)33-25(37-22)32-19-8-6-7-18(14-19)24(34)30-11-12-31-26(35)36-27(3,4)5/h6-10,14-16H,11-13H2,1-5H3,(H,30,34)(H,31,35)(H,32,33). The smallest absolute Gasteiger partial charge is 0.407 e. The zero-order chi connectivity index (χ0) is 27.2. The summed E-state index contributed by atoms with van der Waals surface area (Å²) in [5.41, 5.74) is 2.43. The largest absolute Gasteiger partial charge is 0.444 e. The van der Waals surface area contributed by atoms with Crippen molar-refractivity contribution in [2.45, 2.75) is 46.6 Å². The predicted octanol–water partition coefficient (Wildman–Crippen LogP) is 7.31. The first kappa shape index (κ1) is 28.8. The van der Waals surface area contributed by atoms with Gasteiger partial charge in [0, 0.05) is 34.8 Å². The number of halogens is 2. The molecule has 198 valence electrons. The van der Waals surface area contributed by atoms with Crippen molar-refractivity contribution in [3.05, 3.63) is 63.0 Å². The molecule has 0 atom stereocenters. The number of thiazole rings is 1. The Morgan fingerprint density at radius 3 is 2.43 bits per heavy atom. The fraction of sp³-hybridized carbons (Fsp3) is 0.370.